The SMILES string of the molecule is C=CCO.O=P(O)(O)O. The Morgan fingerprint density at radius 3 is 1.56 bits per heavy atom. The molecule has 9 heavy (non-hydrogen) atoms. The van der Waals surface area contributed by atoms with E-state index in [4.69, 9.17) is 24.4 Å². The summed E-state index contributed by atoms with van der Waals surface area (Å²) >= 11 is 0. The van der Waals surface area contributed by atoms with Gasteiger partial charge in [0.2, 0.25) is 0 Å². The third-order valence-corrected chi connectivity index (χ3v) is 0.129. The maximum absolute atomic E-state index is 8.88. The van der Waals surface area contributed by atoms with E-state index in [2.05, 4.69) is 6.58 Å². The molecule has 0 radical (unpaired) electrons. The molecule has 0 saturated carbocycles. The zero-order chi connectivity index (χ0) is 7.91. The Kier molecular flexibility index (Phi) is 7.65. The highest BCUT2D eigenvalue weighted by Crippen LogP contribution is 2.25. The molecule has 0 aliphatic carbocycles. The first-order valence-corrected chi connectivity index (χ1v) is 3.48. The summed E-state index contributed by atoms with van der Waals surface area (Å²) < 4.78 is 8.88. The summed E-state index contributed by atoms with van der Waals surface area (Å²) in [7, 11) is -4.64. The van der Waals surface area contributed by atoms with E-state index in [1.807, 2.05) is 0 Å². The van der Waals surface area contributed by atoms with Crippen LogP contribution in [0.15, 0.2) is 12.7 Å². The van der Waals surface area contributed by atoms with Crippen LogP contribution >= 0.6 is 7.82 Å². The first kappa shape index (κ1) is 11.6. The van der Waals surface area contributed by atoms with Crippen LogP contribution in [0, 0.1) is 0 Å². The zero-order valence-corrected chi connectivity index (χ0v) is 5.53. The van der Waals surface area contributed by atoms with E-state index >= 15 is 0 Å². The predicted molar refractivity (Wildman–Crippen MR) is 31.5 cm³/mol. The molecule has 0 rings (SSSR count). The van der Waals surface area contributed by atoms with Gasteiger partial charge in [-0.25, -0.2) is 4.57 Å². The molecule has 0 aromatic carbocycles. The Bertz CT molecular complexity index is 96.5. The smallest absolute Gasteiger partial charge is 0.392 e. The van der Waals surface area contributed by atoms with Crippen LogP contribution in [0.3, 0.4) is 0 Å². The minimum absolute atomic E-state index is 0.0833. The molecule has 0 amide bonds. The van der Waals surface area contributed by atoms with Gasteiger partial charge in [0.15, 0.2) is 0 Å². The Labute approximate surface area is 52.5 Å². The van der Waals surface area contributed by atoms with Gasteiger partial charge in [0.05, 0.1) is 6.61 Å². The van der Waals surface area contributed by atoms with Crippen molar-refractivity contribution in [2.45, 2.75) is 0 Å². The number of aliphatic hydroxyl groups is 1. The van der Waals surface area contributed by atoms with Crippen molar-refractivity contribution < 1.29 is 24.4 Å². The summed E-state index contributed by atoms with van der Waals surface area (Å²) in [6, 6.07) is 0. The maximum atomic E-state index is 8.88. The molecule has 0 aromatic heterocycles. The number of hydrogen-bond acceptors (Lipinski definition) is 2. The fourth-order valence-corrected chi connectivity index (χ4v) is 0. The van der Waals surface area contributed by atoms with Crippen molar-refractivity contribution in [3.8, 4) is 0 Å². The summed E-state index contributed by atoms with van der Waals surface area (Å²) in [5.41, 5.74) is 0. The van der Waals surface area contributed by atoms with Crippen LogP contribution in [0.4, 0.5) is 0 Å². The molecule has 4 N–H and O–H groups in total. The fraction of sp³-hybridized carbons (Fsp3) is 0.333. The quantitative estimate of drug-likeness (QED) is 0.295. The summed E-state index contributed by atoms with van der Waals surface area (Å²) in [5.74, 6) is 0. The summed E-state index contributed by atoms with van der Waals surface area (Å²) in [5, 5.41) is 7.76. The topological polar surface area (TPSA) is 98.0 Å². The molecule has 0 fully saturated rings. The van der Waals surface area contributed by atoms with Crippen LogP contribution in [0.25, 0.3) is 0 Å². The standard InChI is InChI=1S/C3H6O.H3O4P/c1-2-3-4;1-5(2,3)4/h2,4H,1,3H2;(H3,1,2,3,4). The van der Waals surface area contributed by atoms with Gasteiger partial charge in [-0.05, 0) is 0 Å². The molecule has 0 unspecified atom stereocenters. The highest BCUT2D eigenvalue weighted by Gasteiger charge is 2.00. The van der Waals surface area contributed by atoms with Crippen LogP contribution < -0.4 is 0 Å². The summed E-state index contributed by atoms with van der Waals surface area (Å²) in [4.78, 5) is 21.6. The molecular weight excluding hydrogens is 147 g/mol. The van der Waals surface area contributed by atoms with Gasteiger partial charge >= 0.3 is 7.82 Å². The molecule has 0 heterocycles. The lowest BCUT2D eigenvalue weighted by Crippen LogP contribution is -1.66. The lowest BCUT2D eigenvalue weighted by Gasteiger charge is -1.82. The maximum Gasteiger partial charge on any atom is 0.466 e. The van der Waals surface area contributed by atoms with Crippen LogP contribution in [-0.4, -0.2) is 26.4 Å². The van der Waals surface area contributed by atoms with Crippen molar-refractivity contribution in [1.82, 2.24) is 0 Å². The van der Waals surface area contributed by atoms with Crippen molar-refractivity contribution >= 4 is 7.82 Å². The Balaban J connectivity index is 0. The zero-order valence-electron chi connectivity index (χ0n) is 4.64. The van der Waals surface area contributed by atoms with E-state index in [1.165, 1.54) is 6.08 Å². The lowest BCUT2D eigenvalue weighted by atomic mass is 10.7. The number of rotatable bonds is 1. The van der Waals surface area contributed by atoms with Gasteiger partial charge in [0, 0.05) is 0 Å². The van der Waals surface area contributed by atoms with Crippen LogP contribution in [-0.2, 0) is 4.57 Å². The fourth-order valence-electron chi connectivity index (χ4n) is 0. The van der Waals surface area contributed by atoms with Crippen LogP contribution in [0.5, 0.6) is 0 Å². The van der Waals surface area contributed by atoms with E-state index in [0.717, 1.165) is 0 Å². The molecule has 0 aliphatic rings. The van der Waals surface area contributed by atoms with Crippen LogP contribution in [0.1, 0.15) is 0 Å². The van der Waals surface area contributed by atoms with Crippen molar-refractivity contribution in [3.63, 3.8) is 0 Å². The Hall–Kier alpha value is -0.190. The third kappa shape index (κ3) is 402. The van der Waals surface area contributed by atoms with Gasteiger partial charge in [-0.3, -0.25) is 0 Å². The van der Waals surface area contributed by atoms with Gasteiger partial charge in [-0.2, -0.15) is 0 Å². The summed E-state index contributed by atoms with van der Waals surface area (Å²) in [6.45, 7) is 3.31. The highest BCUT2D eigenvalue weighted by molar-refractivity contribution is 7.45. The van der Waals surface area contributed by atoms with Gasteiger partial charge in [0.1, 0.15) is 0 Å². The van der Waals surface area contributed by atoms with Crippen molar-refractivity contribution in [3.05, 3.63) is 12.7 Å². The summed E-state index contributed by atoms with van der Waals surface area (Å²) in [6.07, 6.45) is 1.43. The molecule has 0 bridgehead atoms. The molecule has 0 atom stereocenters. The van der Waals surface area contributed by atoms with Gasteiger partial charge in [0.25, 0.3) is 0 Å². The Morgan fingerprint density at radius 2 is 1.56 bits per heavy atom. The number of aliphatic hydroxyl groups excluding tert-OH is 1. The minimum atomic E-state index is -4.64. The van der Waals surface area contributed by atoms with E-state index in [1.54, 1.807) is 0 Å². The molecular formula is C3H9O5P. The van der Waals surface area contributed by atoms with E-state index < -0.39 is 7.82 Å². The molecule has 6 heteroatoms. The van der Waals surface area contributed by atoms with Crippen molar-refractivity contribution in [2.75, 3.05) is 6.61 Å². The molecule has 56 valence electrons. The number of hydrogen-bond donors (Lipinski definition) is 4. The van der Waals surface area contributed by atoms with Gasteiger partial charge in [-0.1, -0.05) is 6.08 Å². The first-order valence-electron chi connectivity index (χ1n) is 1.92. The second-order valence-electron chi connectivity index (χ2n) is 0.985. The third-order valence-electron chi connectivity index (χ3n) is 0.129. The van der Waals surface area contributed by atoms with Crippen molar-refractivity contribution in [2.24, 2.45) is 0 Å². The monoisotopic (exact) mass is 156 g/mol. The van der Waals surface area contributed by atoms with Crippen LogP contribution in [0.2, 0.25) is 0 Å². The van der Waals surface area contributed by atoms with E-state index in [-0.39, 0.29) is 6.61 Å². The lowest BCUT2D eigenvalue weighted by molar-refractivity contribution is 0.275. The normalized spacial score (nSPS) is 9.33. The van der Waals surface area contributed by atoms with E-state index in [9.17, 15) is 0 Å². The van der Waals surface area contributed by atoms with E-state index in [0.29, 0.717) is 0 Å². The average Bonchev–Trinajstić information content (AvgIpc) is 1.61. The van der Waals surface area contributed by atoms with Gasteiger partial charge < -0.3 is 19.8 Å². The molecule has 5 nitrogen and oxygen atoms in total. The molecule has 0 saturated heterocycles. The second-order valence-corrected chi connectivity index (χ2v) is 2.01. The average molecular weight is 156 g/mol. The molecule has 0 spiro atoms. The highest BCUT2D eigenvalue weighted by atomic mass is 31.2. The Morgan fingerprint density at radius 1 is 1.44 bits per heavy atom. The first-order chi connectivity index (χ1) is 3.91. The second kappa shape index (κ2) is 5.94. The number of phosphoric acid groups is 1. The van der Waals surface area contributed by atoms with Gasteiger partial charge in [-0.15, -0.1) is 6.58 Å². The molecule has 0 aromatic rings. The predicted octanol–water partition coefficient (Wildman–Crippen LogP) is -0.764. The molecule has 0 aliphatic heterocycles. The van der Waals surface area contributed by atoms with Crippen molar-refractivity contribution in [1.29, 1.82) is 0 Å². The minimum Gasteiger partial charge on any atom is -0.392 e. The largest absolute Gasteiger partial charge is 0.466 e.